The predicted molar refractivity (Wildman–Crippen MR) is 82.2 cm³/mol. The van der Waals surface area contributed by atoms with Crippen molar-refractivity contribution >= 4 is 11.8 Å². The van der Waals surface area contributed by atoms with Gasteiger partial charge >= 0.3 is 0 Å². The van der Waals surface area contributed by atoms with Gasteiger partial charge in [-0.1, -0.05) is 6.07 Å². The van der Waals surface area contributed by atoms with Crippen LogP contribution in [0.15, 0.2) is 18.2 Å². The molecular weight excluding hydrogens is 285 g/mol. The van der Waals surface area contributed by atoms with Crippen LogP contribution in [0.3, 0.4) is 0 Å². The van der Waals surface area contributed by atoms with Gasteiger partial charge in [-0.2, -0.15) is 0 Å². The second-order valence-corrected chi connectivity index (χ2v) is 5.84. The third-order valence-electron chi connectivity index (χ3n) is 3.87. The first-order valence-corrected chi connectivity index (χ1v) is 7.36. The molecule has 1 fully saturated rings. The minimum atomic E-state index is -0.477. The Labute approximate surface area is 130 Å². The van der Waals surface area contributed by atoms with Crippen molar-refractivity contribution in [3.05, 3.63) is 35.1 Å². The number of amides is 2. The molecule has 5 nitrogen and oxygen atoms in total. The largest absolute Gasteiger partial charge is 0.348 e. The van der Waals surface area contributed by atoms with Gasteiger partial charge in [-0.3, -0.25) is 14.5 Å². The lowest BCUT2D eigenvalue weighted by Gasteiger charge is -2.34. The highest BCUT2D eigenvalue weighted by Gasteiger charge is 2.25. The number of carbonyl (C=O) groups is 2. The molecule has 0 saturated carbocycles. The SMILES string of the molecule is Cc1ccc(C(=O)N2CCN(CC(=O)N(C)C)CC2)c(F)c1. The fourth-order valence-electron chi connectivity index (χ4n) is 2.41. The molecule has 0 aromatic heterocycles. The Balaban J connectivity index is 1.94. The maximum absolute atomic E-state index is 13.9. The first-order valence-electron chi connectivity index (χ1n) is 7.36. The zero-order chi connectivity index (χ0) is 16.3. The maximum Gasteiger partial charge on any atom is 0.256 e. The lowest BCUT2D eigenvalue weighted by atomic mass is 10.1. The van der Waals surface area contributed by atoms with Crippen molar-refractivity contribution in [1.82, 2.24) is 14.7 Å². The van der Waals surface area contributed by atoms with Gasteiger partial charge in [-0.25, -0.2) is 4.39 Å². The average Bonchev–Trinajstić information content (AvgIpc) is 2.47. The number of hydrogen-bond donors (Lipinski definition) is 0. The van der Waals surface area contributed by atoms with E-state index in [1.807, 2.05) is 4.90 Å². The van der Waals surface area contributed by atoms with Crippen LogP contribution in [-0.2, 0) is 4.79 Å². The Morgan fingerprint density at radius 1 is 1.18 bits per heavy atom. The average molecular weight is 307 g/mol. The Kier molecular flexibility index (Phi) is 5.13. The summed E-state index contributed by atoms with van der Waals surface area (Å²) in [5.41, 5.74) is 0.907. The molecule has 1 aromatic rings. The highest BCUT2D eigenvalue weighted by molar-refractivity contribution is 5.94. The highest BCUT2D eigenvalue weighted by atomic mass is 19.1. The van der Waals surface area contributed by atoms with Crippen molar-refractivity contribution in [3.8, 4) is 0 Å². The van der Waals surface area contributed by atoms with E-state index < -0.39 is 5.82 Å². The standard InChI is InChI=1S/C16H22FN3O2/c1-12-4-5-13(14(17)10-12)16(22)20-8-6-19(7-9-20)11-15(21)18(2)3/h4-5,10H,6-9,11H2,1-3H3. The summed E-state index contributed by atoms with van der Waals surface area (Å²) in [6.45, 7) is 4.41. The van der Waals surface area contributed by atoms with Crippen molar-refractivity contribution in [2.75, 3.05) is 46.8 Å². The Bertz CT molecular complexity index is 567. The summed E-state index contributed by atoms with van der Waals surface area (Å²) in [5.74, 6) is -0.712. The summed E-state index contributed by atoms with van der Waals surface area (Å²) >= 11 is 0. The Morgan fingerprint density at radius 2 is 1.82 bits per heavy atom. The molecule has 1 aromatic carbocycles. The highest BCUT2D eigenvalue weighted by Crippen LogP contribution is 2.14. The molecular formula is C16H22FN3O2. The number of piperazine rings is 1. The Morgan fingerprint density at radius 3 is 2.36 bits per heavy atom. The van der Waals surface area contributed by atoms with Gasteiger partial charge in [-0.15, -0.1) is 0 Å². The monoisotopic (exact) mass is 307 g/mol. The van der Waals surface area contributed by atoms with Gasteiger partial charge in [0.25, 0.3) is 5.91 Å². The number of carbonyl (C=O) groups excluding carboxylic acids is 2. The van der Waals surface area contributed by atoms with Crippen molar-refractivity contribution < 1.29 is 14.0 Å². The van der Waals surface area contributed by atoms with E-state index in [0.717, 1.165) is 5.56 Å². The molecule has 1 aliphatic rings. The van der Waals surface area contributed by atoms with E-state index in [4.69, 9.17) is 0 Å². The molecule has 0 N–H and O–H groups in total. The fourth-order valence-corrected chi connectivity index (χ4v) is 2.41. The molecule has 120 valence electrons. The van der Waals surface area contributed by atoms with E-state index in [2.05, 4.69) is 0 Å². The summed E-state index contributed by atoms with van der Waals surface area (Å²) in [6, 6.07) is 4.65. The zero-order valence-electron chi connectivity index (χ0n) is 13.3. The number of benzene rings is 1. The lowest BCUT2D eigenvalue weighted by molar-refractivity contribution is -0.130. The summed E-state index contributed by atoms with van der Waals surface area (Å²) in [4.78, 5) is 29.2. The summed E-state index contributed by atoms with van der Waals surface area (Å²) in [6.07, 6.45) is 0. The molecule has 6 heteroatoms. The van der Waals surface area contributed by atoms with Crippen LogP contribution < -0.4 is 0 Å². The van der Waals surface area contributed by atoms with E-state index in [1.54, 1.807) is 36.9 Å². The van der Waals surface area contributed by atoms with Crippen LogP contribution in [-0.4, -0.2) is 73.3 Å². The lowest BCUT2D eigenvalue weighted by Crippen LogP contribution is -2.51. The molecule has 0 radical (unpaired) electrons. The van der Waals surface area contributed by atoms with Gasteiger partial charge in [0.2, 0.25) is 5.91 Å². The number of rotatable bonds is 3. The molecule has 22 heavy (non-hydrogen) atoms. The molecule has 1 aliphatic heterocycles. The van der Waals surface area contributed by atoms with Crippen LogP contribution in [0.1, 0.15) is 15.9 Å². The van der Waals surface area contributed by atoms with Crippen LogP contribution in [0.25, 0.3) is 0 Å². The molecule has 2 rings (SSSR count). The van der Waals surface area contributed by atoms with Crippen LogP contribution in [0, 0.1) is 12.7 Å². The van der Waals surface area contributed by atoms with Gasteiger partial charge in [0.15, 0.2) is 0 Å². The third kappa shape index (κ3) is 3.82. The minimum absolute atomic E-state index is 0.0457. The summed E-state index contributed by atoms with van der Waals surface area (Å²) < 4.78 is 13.9. The van der Waals surface area contributed by atoms with Crippen molar-refractivity contribution in [2.24, 2.45) is 0 Å². The third-order valence-corrected chi connectivity index (χ3v) is 3.87. The van der Waals surface area contributed by atoms with Gasteiger partial charge in [0.1, 0.15) is 5.82 Å². The molecule has 0 unspecified atom stereocenters. The number of nitrogens with zero attached hydrogens (tertiary/aromatic N) is 3. The van der Waals surface area contributed by atoms with E-state index in [9.17, 15) is 14.0 Å². The van der Waals surface area contributed by atoms with Gasteiger partial charge in [-0.05, 0) is 24.6 Å². The van der Waals surface area contributed by atoms with E-state index >= 15 is 0 Å². The Hall–Kier alpha value is -1.95. The van der Waals surface area contributed by atoms with Gasteiger partial charge < -0.3 is 9.80 Å². The van der Waals surface area contributed by atoms with Gasteiger partial charge in [0, 0.05) is 40.3 Å². The quantitative estimate of drug-likeness (QED) is 0.836. The zero-order valence-corrected chi connectivity index (χ0v) is 13.3. The minimum Gasteiger partial charge on any atom is -0.348 e. The molecule has 0 atom stereocenters. The maximum atomic E-state index is 13.9. The fraction of sp³-hybridized carbons (Fsp3) is 0.500. The molecule has 1 saturated heterocycles. The van der Waals surface area contributed by atoms with Crippen LogP contribution in [0.2, 0.25) is 0 Å². The molecule has 0 aliphatic carbocycles. The van der Waals surface area contributed by atoms with Gasteiger partial charge in [0.05, 0.1) is 12.1 Å². The number of likely N-dealkylation sites (N-methyl/N-ethyl adjacent to an activating group) is 1. The second kappa shape index (κ2) is 6.87. The number of aryl methyl sites for hydroxylation is 1. The second-order valence-electron chi connectivity index (χ2n) is 5.84. The molecule has 0 spiro atoms. The first-order chi connectivity index (χ1) is 10.4. The smallest absolute Gasteiger partial charge is 0.256 e. The van der Waals surface area contributed by atoms with Crippen LogP contribution in [0.5, 0.6) is 0 Å². The van der Waals surface area contributed by atoms with Crippen molar-refractivity contribution in [3.63, 3.8) is 0 Å². The molecule has 0 bridgehead atoms. The summed E-state index contributed by atoms with van der Waals surface area (Å²) in [5, 5.41) is 0. The normalized spacial score (nSPS) is 15.7. The van der Waals surface area contributed by atoms with Crippen molar-refractivity contribution in [2.45, 2.75) is 6.92 Å². The van der Waals surface area contributed by atoms with Crippen molar-refractivity contribution in [1.29, 1.82) is 0 Å². The van der Waals surface area contributed by atoms with E-state index in [0.29, 0.717) is 32.7 Å². The predicted octanol–water partition coefficient (Wildman–Crippen LogP) is 0.980. The summed E-state index contributed by atoms with van der Waals surface area (Å²) in [7, 11) is 3.45. The topological polar surface area (TPSA) is 43.9 Å². The number of halogens is 1. The van der Waals surface area contributed by atoms with Crippen LogP contribution in [0.4, 0.5) is 4.39 Å². The van der Waals surface area contributed by atoms with E-state index in [-0.39, 0.29) is 17.4 Å². The molecule has 1 heterocycles. The van der Waals surface area contributed by atoms with E-state index in [1.165, 1.54) is 12.1 Å². The number of hydrogen-bond acceptors (Lipinski definition) is 3. The molecule has 2 amide bonds. The first kappa shape index (κ1) is 16.4. The van der Waals surface area contributed by atoms with Crippen LogP contribution >= 0.6 is 0 Å².